The predicted octanol–water partition coefficient (Wildman–Crippen LogP) is 2.71. The highest BCUT2D eigenvalue weighted by Gasteiger charge is 2.16. The van der Waals surface area contributed by atoms with Gasteiger partial charge in [0.05, 0.1) is 12.4 Å². The molecule has 2 aromatic rings. The van der Waals surface area contributed by atoms with Crippen LogP contribution in [0.5, 0.6) is 0 Å². The molecule has 0 saturated heterocycles. The minimum absolute atomic E-state index is 0.0540. The van der Waals surface area contributed by atoms with E-state index in [1.54, 1.807) is 18.3 Å². The minimum Gasteiger partial charge on any atom is -0.463 e. The summed E-state index contributed by atoms with van der Waals surface area (Å²) < 4.78 is 10.0. The number of furan rings is 1. The van der Waals surface area contributed by atoms with Gasteiger partial charge in [-0.05, 0) is 25.1 Å². The van der Waals surface area contributed by atoms with E-state index in [1.165, 1.54) is 25.2 Å². The molecule has 0 saturated carbocycles. The average Bonchev–Trinajstić information content (AvgIpc) is 2.88. The lowest BCUT2D eigenvalue weighted by Crippen LogP contribution is -1.98. The van der Waals surface area contributed by atoms with Crippen LogP contribution in [0.2, 0.25) is 0 Å². The van der Waals surface area contributed by atoms with Gasteiger partial charge >= 0.3 is 5.97 Å². The van der Waals surface area contributed by atoms with E-state index in [2.05, 4.69) is 14.7 Å². The number of methoxy groups -OCH3 is 1. The van der Waals surface area contributed by atoms with Gasteiger partial charge in [0.1, 0.15) is 17.1 Å². The van der Waals surface area contributed by atoms with E-state index in [9.17, 15) is 4.79 Å². The van der Waals surface area contributed by atoms with Crippen molar-refractivity contribution in [1.82, 2.24) is 9.97 Å². The Balaban J connectivity index is 2.07. The van der Waals surface area contributed by atoms with Gasteiger partial charge in [-0.2, -0.15) is 0 Å². The largest absolute Gasteiger partial charge is 0.463 e. The molecule has 0 spiro atoms. The van der Waals surface area contributed by atoms with E-state index < -0.39 is 5.97 Å². The molecule has 6 heteroatoms. The SMILES string of the molecule is COC(=O)c1ccc(C(C)Sc2ccncn2)o1. The van der Waals surface area contributed by atoms with Crippen molar-refractivity contribution in [3.05, 3.63) is 42.2 Å². The number of carbonyl (C=O) groups excluding carboxylic acids is 1. The maximum Gasteiger partial charge on any atom is 0.373 e. The molecule has 2 heterocycles. The van der Waals surface area contributed by atoms with Crippen LogP contribution in [-0.2, 0) is 4.74 Å². The average molecular weight is 264 g/mol. The lowest BCUT2D eigenvalue weighted by Gasteiger charge is -2.06. The van der Waals surface area contributed by atoms with Crippen molar-refractivity contribution < 1.29 is 13.9 Å². The molecule has 0 aliphatic carbocycles. The highest BCUT2D eigenvalue weighted by Crippen LogP contribution is 2.34. The first kappa shape index (κ1) is 12.6. The smallest absolute Gasteiger partial charge is 0.373 e. The molecule has 0 aromatic carbocycles. The molecule has 0 amide bonds. The van der Waals surface area contributed by atoms with Crippen LogP contribution in [0.25, 0.3) is 0 Å². The van der Waals surface area contributed by atoms with Crippen LogP contribution in [0.1, 0.15) is 28.5 Å². The van der Waals surface area contributed by atoms with Crippen molar-refractivity contribution in [2.45, 2.75) is 17.2 Å². The fourth-order valence-corrected chi connectivity index (χ4v) is 2.22. The Morgan fingerprint density at radius 1 is 1.44 bits per heavy atom. The number of hydrogen-bond acceptors (Lipinski definition) is 6. The van der Waals surface area contributed by atoms with Crippen LogP contribution in [-0.4, -0.2) is 23.0 Å². The molecule has 0 N–H and O–H groups in total. The van der Waals surface area contributed by atoms with Gasteiger partial charge in [0.25, 0.3) is 0 Å². The summed E-state index contributed by atoms with van der Waals surface area (Å²) in [4.78, 5) is 19.2. The fourth-order valence-electron chi connectivity index (χ4n) is 1.37. The van der Waals surface area contributed by atoms with Crippen LogP contribution >= 0.6 is 11.8 Å². The molecule has 0 fully saturated rings. The van der Waals surface area contributed by atoms with Crippen LogP contribution in [0.15, 0.2) is 40.2 Å². The Morgan fingerprint density at radius 2 is 2.28 bits per heavy atom. The maximum atomic E-state index is 11.3. The quantitative estimate of drug-likeness (QED) is 0.480. The number of ether oxygens (including phenoxy) is 1. The summed E-state index contributed by atoms with van der Waals surface area (Å²) in [5.74, 6) is 0.446. The highest BCUT2D eigenvalue weighted by atomic mass is 32.2. The molecule has 0 aliphatic heterocycles. The van der Waals surface area contributed by atoms with E-state index in [0.29, 0.717) is 5.76 Å². The van der Waals surface area contributed by atoms with Crippen molar-refractivity contribution >= 4 is 17.7 Å². The topological polar surface area (TPSA) is 65.2 Å². The standard InChI is InChI=1S/C12H12N2O3S/c1-8(18-11-5-6-13-7-14-11)9-3-4-10(17-9)12(15)16-2/h3-8H,1-2H3. The second-order valence-corrected chi connectivity index (χ2v) is 4.86. The van der Waals surface area contributed by atoms with Crippen LogP contribution in [0.3, 0.4) is 0 Å². The molecular formula is C12H12N2O3S. The summed E-state index contributed by atoms with van der Waals surface area (Å²) in [6.45, 7) is 1.98. The number of thioether (sulfide) groups is 1. The van der Waals surface area contributed by atoms with Gasteiger partial charge < -0.3 is 9.15 Å². The Kier molecular flexibility index (Phi) is 3.99. The lowest BCUT2D eigenvalue weighted by molar-refractivity contribution is 0.0563. The molecule has 0 bridgehead atoms. The molecule has 0 radical (unpaired) electrons. The summed E-state index contributed by atoms with van der Waals surface area (Å²) in [6, 6.07) is 5.20. The van der Waals surface area contributed by atoms with Gasteiger partial charge in [-0.15, -0.1) is 0 Å². The van der Waals surface area contributed by atoms with Gasteiger partial charge in [0.15, 0.2) is 0 Å². The Bertz CT molecular complexity index is 527. The zero-order chi connectivity index (χ0) is 13.0. The zero-order valence-electron chi connectivity index (χ0n) is 9.99. The summed E-state index contributed by atoms with van der Waals surface area (Å²) in [6.07, 6.45) is 3.18. The van der Waals surface area contributed by atoms with E-state index in [0.717, 1.165) is 5.03 Å². The molecule has 5 nitrogen and oxygen atoms in total. The van der Waals surface area contributed by atoms with E-state index in [4.69, 9.17) is 4.42 Å². The first-order valence-electron chi connectivity index (χ1n) is 5.31. The van der Waals surface area contributed by atoms with Gasteiger partial charge in [-0.25, -0.2) is 14.8 Å². The van der Waals surface area contributed by atoms with Gasteiger partial charge in [-0.3, -0.25) is 0 Å². The van der Waals surface area contributed by atoms with Gasteiger partial charge in [-0.1, -0.05) is 11.8 Å². The molecule has 0 aliphatic rings. The third-order valence-corrected chi connectivity index (χ3v) is 3.34. The normalized spacial score (nSPS) is 12.1. The van der Waals surface area contributed by atoms with Crippen molar-refractivity contribution in [2.24, 2.45) is 0 Å². The number of aromatic nitrogens is 2. The predicted molar refractivity (Wildman–Crippen MR) is 66.4 cm³/mol. The van der Waals surface area contributed by atoms with Crippen LogP contribution in [0.4, 0.5) is 0 Å². The molecule has 2 rings (SSSR count). The number of nitrogens with zero attached hydrogens (tertiary/aromatic N) is 2. The van der Waals surface area contributed by atoms with Crippen LogP contribution in [0, 0.1) is 0 Å². The lowest BCUT2D eigenvalue weighted by atomic mass is 10.3. The molecule has 1 unspecified atom stereocenters. The van der Waals surface area contributed by atoms with E-state index >= 15 is 0 Å². The molecule has 1 atom stereocenters. The monoisotopic (exact) mass is 264 g/mol. The molecule has 2 aromatic heterocycles. The zero-order valence-corrected chi connectivity index (χ0v) is 10.8. The Morgan fingerprint density at radius 3 is 2.94 bits per heavy atom. The number of carbonyl (C=O) groups is 1. The summed E-state index contributed by atoms with van der Waals surface area (Å²) >= 11 is 1.53. The molecule has 18 heavy (non-hydrogen) atoms. The Hall–Kier alpha value is -1.82. The third-order valence-electron chi connectivity index (χ3n) is 2.27. The van der Waals surface area contributed by atoms with Crippen molar-refractivity contribution in [3.8, 4) is 0 Å². The second-order valence-electron chi connectivity index (χ2n) is 3.50. The summed E-state index contributed by atoms with van der Waals surface area (Å²) in [5, 5.41) is 0.909. The van der Waals surface area contributed by atoms with E-state index in [-0.39, 0.29) is 11.0 Å². The number of hydrogen-bond donors (Lipinski definition) is 0. The third kappa shape index (κ3) is 2.89. The number of esters is 1. The van der Waals surface area contributed by atoms with Crippen molar-refractivity contribution in [3.63, 3.8) is 0 Å². The van der Waals surface area contributed by atoms with Gasteiger partial charge in [0.2, 0.25) is 5.76 Å². The second kappa shape index (κ2) is 5.68. The van der Waals surface area contributed by atoms with Crippen LogP contribution < -0.4 is 0 Å². The van der Waals surface area contributed by atoms with Gasteiger partial charge in [0, 0.05) is 6.20 Å². The minimum atomic E-state index is -0.472. The Labute approximate surface area is 109 Å². The summed E-state index contributed by atoms with van der Waals surface area (Å²) in [7, 11) is 1.32. The first-order valence-corrected chi connectivity index (χ1v) is 6.19. The first-order chi connectivity index (χ1) is 8.70. The molecular weight excluding hydrogens is 252 g/mol. The maximum absolute atomic E-state index is 11.3. The number of rotatable bonds is 4. The molecule has 94 valence electrons. The summed E-state index contributed by atoms with van der Waals surface area (Å²) in [5.41, 5.74) is 0. The highest BCUT2D eigenvalue weighted by molar-refractivity contribution is 7.99. The van der Waals surface area contributed by atoms with E-state index in [1.807, 2.05) is 13.0 Å². The fraction of sp³-hybridized carbons (Fsp3) is 0.250. The van der Waals surface area contributed by atoms with Crippen molar-refractivity contribution in [1.29, 1.82) is 0 Å². The van der Waals surface area contributed by atoms with Crippen molar-refractivity contribution in [2.75, 3.05) is 7.11 Å².